The highest BCUT2D eigenvalue weighted by Gasteiger charge is 2.34. The Hall–Kier alpha value is -2.82. The summed E-state index contributed by atoms with van der Waals surface area (Å²) in [5.74, 6) is -0.639. The zero-order valence-electron chi connectivity index (χ0n) is 14.4. The SMILES string of the molecule is O=C(O)C[C@H](NC(=O)OCC1c2ccccc2-c2ccccc21)C1CC1. The van der Waals surface area contributed by atoms with Crippen molar-refractivity contribution < 1.29 is 19.4 Å². The molecule has 0 aromatic heterocycles. The second-order valence-corrected chi connectivity index (χ2v) is 7.01. The Morgan fingerprint density at radius 2 is 1.62 bits per heavy atom. The van der Waals surface area contributed by atoms with Gasteiger partial charge in [-0.05, 0) is 41.0 Å². The molecule has 1 amide bonds. The van der Waals surface area contributed by atoms with Gasteiger partial charge in [-0.3, -0.25) is 4.79 Å². The fourth-order valence-corrected chi connectivity index (χ4v) is 3.81. The highest BCUT2D eigenvalue weighted by Crippen LogP contribution is 2.44. The average Bonchev–Trinajstić information content (AvgIpc) is 3.43. The van der Waals surface area contributed by atoms with Crippen LogP contribution in [0.25, 0.3) is 11.1 Å². The van der Waals surface area contributed by atoms with Gasteiger partial charge in [-0.2, -0.15) is 0 Å². The molecule has 2 aliphatic rings. The second kappa shape index (κ2) is 6.83. The van der Waals surface area contributed by atoms with Crippen molar-refractivity contribution in [3.05, 3.63) is 59.7 Å². The minimum atomic E-state index is -0.902. The van der Waals surface area contributed by atoms with Gasteiger partial charge in [-0.15, -0.1) is 0 Å². The number of carboxylic acids is 1. The molecule has 1 atom stereocenters. The first-order valence-corrected chi connectivity index (χ1v) is 8.97. The number of carbonyl (C=O) groups excluding carboxylic acids is 1. The summed E-state index contributed by atoms with van der Waals surface area (Å²) in [4.78, 5) is 23.2. The van der Waals surface area contributed by atoms with E-state index in [0.29, 0.717) is 0 Å². The Balaban J connectivity index is 1.44. The summed E-state index contributed by atoms with van der Waals surface area (Å²) >= 11 is 0. The molecule has 0 unspecified atom stereocenters. The Bertz CT molecular complexity index is 798. The van der Waals surface area contributed by atoms with Crippen molar-refractivity contribution in [2.75, 3.05) is 6.61 Å². The standard InChI is InChI=1S/C21H21NO4/c23-20(24)11-19(13-9-10-13)22-21(25)26-12-18-16-7-3-1-5-14(16)15-6-2-4-8-17(15)18/h1-8,13,18-19H,9-12H2,(H,22,25)(H,23,24)/t19-/m0/s1. The minimum Gasteiger partial charge on any atom is -0.481 e. The van der Waals surface area contributed by atoms with Crippen LogP contribution in [0, 0.1) is 5.92 Å². The van der Waals surface area contributed by atoms with E-state index in [1.807, 2.05) is 24.3 Å². The third kappa shape index (κ3) is 3.29. The van der Waals surface area contributed by atoms with Gasteiger partial charge >= 0.3 is 12.1 Å². The lowest BCUT2D eigenvalue weighted by molar-refractivity contribution is -0.137. The van der Waals surface area contributed by atoms with E-state index in [1.54, 1.807) is 0 Å². The van der Waals surface area contributed by atoms with Crippen LogP contribution >= 0.6 is 0 Å². The molecule has 5 heteroatoms. The van der Waals surface area contributed by atoms with Crippen LogP contribution in [-0.2, 0) is 9.53 Å². The third-order valence-electron chi connectivity index (χ3n) is 5.23. The maximum absolute atomic E-state index is 12.2. The van der Waals surface area contributed by atoms with E-state index in [1.165, 1.54) is 11.1 Å². The van der Waals surface area contributed by atoms with Gasteiger partial charge < -0.3 is 15.2 Å². The largest absolute Gasteiger partial charge is 0.481 e. The van der Waals surface area contributed by atoms with Crippen LogP contribution in [0.15, 0.2) is 48.5 Å². The van der Waals surface area contributed by atoms with Crippen molar-refractivity contribution in [3.8, 4) is 11.1 Å². The molecule has 1 saturated carbocycles. The van der Waals surface area contributed by atoms with Crippen molar-refractivity contribution in [1.82, 2.24) is 5.32 Å². The first kappa shape index (κ1) is 16.6. The molecule has 0 saturated heterocycles. The molecule has 2 aromatic rings. The number of carbonyl (C=O) groups is 2. The van der Waals surface area contributed by atoms with Gasteiger partial charge in [0.1, 0.15) is 6.61 Å². The summed E-state index contributed by atoms with van der Waals surface area (Å²) in [6.07, 6.45) is 1.32. The summed E-state index contributed by atoms with van der Waals surface area (Å²) in [6.45, 7) is 0.240. The van der Waals surface area contributed by atoms with Crippen molar-refractivity contribution >= 4 is 12.1 Å². The zero-order valence-corrected chi connectivity index (χ0v) is 14.4. The molecule has 0 aliphatic heterocycles. The molecule has 26 heavy (non-hydrogen) atoms. The topological polar surface area (TPSA) is 75.6 Å². The fourth-order valence-electron chi connectivity index (χ4n) is 3.81. The number of alkyl carbamates (subject to hydrolysis) is 1. The van der Waals surface area contributed by atoms with E-state index >= 15 is 0 Å². The van der Waals surface area contributed by atoms with Crippen molar-refractivity contribution in [2.24, 2.45) is 5.92 Å². The number of hydrogen-bond acceptors (Lipinski definition) is 3. The van der Waals surface area contributed by atoms with E-state index in [2.05, 4.69) is 29.6 Å². The number of fused-ring (bicyclic) bond motifs is 3. The highest BCUT2D eigenvalue weighted by atomic mass is 16.5. The molecular weight excluding hydrogens is 330 g/mol. The monoisotopic (exact) mass is 351 g/mol. The number of hydrogen-bond donors (Lipinski definition) is 2. The molecule has 2 N–H and O–H groups in total. The number of carboxylic acid groups (broad SMARTS) is 1. The first-order valence-electron chi connectivity index (χ1n) is 8.97. The summed E-state index contributed by atoms with van der Waals surface area (Å²) < 4.78 is 5.49. The van der Waals surface area contributed by atoms with E-state index in [0.717, 1.165) is 24.0 Å². The van der Waals surface area contributed by atoms with E-state index in [-0.39, 0.29) is 30.9 Å². The van der Waals surface area contributed by atoms with Crippen molar-refractivity contribution in [2.45, 2.75) is 31.2 Å². The van der Waals surface area contributed by atoms with E-state index in [4.69, 9.17) is 9.84 Å². The summed E-state index contributed by atoms with van der Waals surface area (Å²) in [5, 5.41) is 11.7. The van der Waals surface area contributed by atoms with Gasteiger partial charge in [0.25, 0.3) is 0 Å². The zero-order chi connectivity index (χ0) is 18.1. The fraction of sp³-hybridized carbons (Fsp3) is 0.333. The quantitative estimate of drug-likeness (QED) is 0.830. The smallest absolute Gasteiger partial charge is 0.407 e. The van der Waals surface area contributed by atoms with Crippen LogP contribution < -0.4 is 5.32 Å². The Morgan fingerprint density at radius 3 is 2.15 bits per heavy atom. The van der Waals surface area contributed by atoms with Gasteiger partial charge in [0, 0.05) is 12.0 Å². The van der Waals surface area contributed by atoms with Gasteiger partial charge in [-0.25, -0.2) is 4.79 Å². The van der Waals surface area contributed by atoms with Crippen molar-refractivity contribution in [3.63, 3.8) is 0 Å². The predicted molar refractivity (Wildman–Crippen MR) is 97.0 cm³/mol. The van der Waals surface area contributed by atoms with Crippen LogP contribution in [-0.4, -0.2) is 29.8 Å². The normalized spacial score (nSPS) is 16.5. The molecule has 0 bridgehead atoms. The summed E-state index contributed by atoms with van der Waals surface area (Å²) in [7, 11) is 0. The molecule has 1 fully saturated rings. The highest BCUT2D eigenvalue weighted by molar-refractivity contribution is 5.79. The van der Waals surface area contributed by atoms with Gasteiger partial charge in [0.2, 0.25) is 0 Å². The van der Waals surface area contributed by atoms with Crippen LogP contribution in [0.1, 0.15) is 36.3 Å². The average molecular weight is 351 g/mol. The maximum atomic E-state index is 12.2. The predicted octanol–water partition coefficient (Wildman–Crippen LogP) is 3.78. The number of nitrogens with one attached hydrogen (secondary N) is 1. The molecule has 0 spiro atoms. The van der Waals surface area contributed by atoms with E-state index in [9.17, 15) is 9.59 Å². The minimum absolute atomic E-state index is 0.00648. The molecule has 0 radical (unpaired) electrons. The van der Waals surface area contributed by atoms with Crippen LogP contribution in [0.2, 0.25) is 0 Å². The Morgan fingerprint density at radius 1 is 1.04 bits per heavy atom. The molecule has 2 aliphatic carbocycles. The molecular formula is C21H21NO4. The molecule has 134 valence electrons. The van der Waals surface area contributed by atoms with Gasteiger partial charge in [-0.1, -0.05) is 48.5 Å². The Kier molecular flexibility index (Phi) is 4.37. The molecule has 2 aromatic carbocycles. The number of benzene rings is 2. The Labute approximate surface area is 152 Å². The maximum Gasteiger partial charge on any atom is 0.407 e. The number of aliphatic carboxylic acids is 1. The molecule has 4 rings (SSSR count). The molecule has 0 heterocycles. The van der Waals surface area contributed by atoms with Crippen LogP contribution in [0.4, 0.5) is 4.79 Å². The van der Waals surface area contributed by atoms with Crippen molar-refractivity contribution in [1.29, 1.82) is 0 Å². The number of amides is 1. The van der Waals surface area contributed by atoms with Crippen LogP contribution in [0.3, 0.4) is 0 Å². The van der Waals surface area contributed by atoms with Gasteiger partial charge in [0.05, 0.1) is 6.42 Å². The lowest BCUT2D eigenvalue weighted by Crippen LogP contribution is -2.38. The summed E-state index contributed by atoms with van der Waals surface area (Å²) in [5.41, 5.74) is 4.68. The number of rotatable bonds is 6. The lowest BCUT2D eigenvalue weighted by Gasteiger charge is -2.18. The third-order valence-corrected chi connectivity index (χ3v) is 5.23. The summed E-state index contributed by atoms with van der Waals surface area (Å²) in [6, 6.07) is 16.0. The van der Waals surface area contributed by atoms with E-state index < -0.39 is 12.1 Å². The first-order chi connectivity index (χ1) is 12.6. The second-order valence-electron chi connectivity index (χ2n) is 7.01. The van der Waals surface area contributed by atoms with Crippen LogP contribution in [0.5, 0.6) is 0 Å². The molecule has 5 nitrogen and oxygen atoms in total. The van der Waals surface area contributed by atoms with Gasteiger partial charge in [0.15, 0.2) is 0 Å². The lowest BCUT2D eigenvalue weighted by atomic mass is 9.98. The number of ether oxygens (including phenoxy) is 1.